The molecule has 1 aliphatic heterocycles. The fraction of sp³-hybridized carbons (Fsp3) is 0.259. The second-order valence-electron chi connectivity index (χ2n) is 9.41. The number of urea groups is 1. The highest BCUT2D eigenvalue weighted by Gasteiger charge is 2.37. The van der Waals surface area contributed by atoms with Crippen molar-refractivity contribution < 1.29 is 40.7 Å². The number of carbonyl (C=O) groups excluding carboxylic acids is 2. The molecule has 0 atom stereocenters. The van der Waals surface area contributed by atoms with E-state index in [1.165, 1.54) is 11.1 Å². The van der Waals surface area contributed by atoms with Crippen LogP contribution in [0.1, 0.15) is 27.2 Å². The number of hydrogen-bond donors (Lipinski definition) is 2. The molecule has 0 aliphatic carbocycles. The number of rotatable bonds is 7. The Kier molecular flexibility index (Phi) is 8.90. The van der Waals surface area contributed by atoms with Gasteiger partial charge in [0.25, 0.3) is 11.8 Å². The van der Waals surface area contributed by atoms with Crippen LogP contribution in [0.4, 0.5) is 48.6 Å². The molecule has 2 aromatic carbocycles. The minimum absolute atomic E-state index is 0.0126. The molecule has 0 saturated carbocycles. The zero-order valence-electron chi connectivity index (χ0n) is 22.7. The Balaban J connectivity index is 1.17. The molecule has 3 amide bonds. The van der Waals surface area contributed by atoms with E-state index in [-0.39, 0.29) is 56.2 Å². The summed E-state index contributed by atoms with van der Waals surface area (Å²) >= 11 is 0.880. The van der Waals surface area contributed by atoms with Crippen molar-refractivity contribution in [2.24, 2.45) is 0 Å². The Morgan fingerprint density at radius 1 is 0.956 bits per heavy atom. The SMILES string of the molecule is O=C(Nc1nccc(COc2nsnc2N2CCN(C(=O)Nc3cc(C(F)(F)F)cc(C(F)(F)F)c3)CC2)n1)c1c#cccc1. The highest BCUT2D eigenvalue weighted by Crippen LogP contribution is 2.37. The van der Waals surface area contributed by atoms with Gasteiger partial charge in [-0.25, -0.2) is 14.8 Å². The van der Waals surface area contributed by atoms with E-state index in [4.69, 9.17) is 4.74 Å². The number of benzene rings is 1. The van der Waals surface area contributed by atoms with E-state index in [9.17, 15) is 35.9 Å². The van der Waals surface area contributed by atoms with Gasteiger partial charge in [0.2, 0.25) is 11.8 Å². The number of carbonyl (C=O) groups is 2. The zero-order chi connectivity index (χ0) is 32.2. The summed E-state index contributed by atoms with van der Waals surface area (Å²) in [6, 6.07) is 11.8. The predicted octanol–water partition coefficient (Wildman–Crippen LogP) is 5.15. The molecule has 234 valence electrons. The first-order valence-corrected chi connectivity index (χ1v) is 13.7. The molecule has 45 heavy (non-hydrogen) atoms. The third-order valence-corrected chi connectivity index (χ3v) is 6.84. The molecule has 3 heterocycles. The number of aromatic nitrogens is 4. The molecule has 0 spiro atoms. The number of nitrogens with one attached hydrogen (secondary N) is 2. The summed E-state index contributed by atoms with van der Waals surface area (Å²) in [7, 11) is 0. The van der Waals surface area contributed by atoms with E-state index in [2.05, 4.69) is 41.5 Å². The van der Waals surface area contributed by atoms with E-state index in [0.717, 1.165) is 11.7 Å². The Bertz CT molecular complexity index is 1630. The van der Waals surface area contributed by atoms with Gasteiger partial charge in [0.05, 0.1) is 34.1 Å². The molecule has 0 unspecified atom stereocenters. The van der Waals surface area contributed by atoms with Gasteiger partial charge in [-0.05, 0) is 36.4 Å². The van der Waals surface area contributed by atoms with Gasteiger partial charge in [0, 0.05) is 38.1 Å². The summed E-state index contributed by atoms with van der Waals surface area (Å²) in [4.78, 5) is 36.4. The van der Waals surface area contributed by atoms with Crippen LogP contribution >= 0.6 is 11.7 Å². The van der Waals surface area contributed by atoms with Crippen LogP contribution in [-0.2, 0) is 19.0 Å². The maximum absolute atomic E-state index is 13.2. The average molecular weight is 651 g/mol. The average Bonchev–Trinajstić information content (AvgIpc) is 3.48. The maximum atomic E-state index is 13.2. The second-order valence-corrected chi connectivity index (χ2v) is 9.94. The topological polar surface area (TPSA) is 125 Å². The number of anilines is 3. The summed E-state index contributed by atoms with van der Waals surface area (Å²) < 4.78 is 93.2. The van der Waals surface area contributed by atoms with Crippen LogP contribution in [0.5, 0.6) is 5.88 Å². The summed E-state index contributed by atoms with van der Waals surface area (Å²) in [5.41, 5.74) is -3.02. The van der Waals surface area contributed by atoms with Crippen LogP contribution in [0, 0.1) is 12.1 Å². The standard InChI is InChI=1S/C27H20F6N8O3S/c28-26(29,30)17-12-18(27(31,32)33)14-20(13-17)36-25(43)41-10-8-40(9-11-41)21-23(39-45-38-21)44-15-19-6-7-34-24(35-19)37-22(42)16-4-2-1-3-5-16/h1-2,4,6-7,12-14H,8-11,15H2,(H,36,43)(H,34,35,37,42). The lowest BCUT2D eigenvalue weighted by molar-refractivity contribution is -0.143. The van der Waals surface area contributed by atoms with E-state index < -0.39 is 41.1 Å². The minimum Gasteiger partial charge on any atom is -0.468 e. The molecule has 1 saturated heterocycles. The Morgan fingerprint density at radius 3 is 2.31 bits per heavy atom. The lowest BCUT2D eigenvalue weighted by Gasteiger charge is -2.34. The maximum Gasteiger partial charge on any atom is 0.416 e. The molecule has 2 aromatic heterocycles. The third kappa shape index (κ3) is 7.86. The Labute approximate surface area is 255 Å². The van der Waals surface area contributed by atoms with Crippen molar-refractivity contribution in [3.05, 3.63) is 83.2 Å². The van der Waals surface area contributed by atoms with E-state index in [0.29, 0.717) is 23.6 Å². The van der Waals surface area contributed by atoms with Gasteiger partial charge in [-0.2, -0.15) is 30.7 Å². The lowest BCUT2D eigenvalue weighted by atomic mass is 10.1. The zero-order valence-corrected chi connectivity index (χ0v) is 23.6. The molecule has 5 rings (SSSR count). The van der Waals surface area contributed by atoms with E-state index in [1.807, 2.05) is 0 Å². The molecule has 11 nitrogen and oxygen atoms in total. The monoisotopic (exact) mass is 650 g/mol. The van der Waals surface area contributed by atoms with E-state index >= 15 is 0 Å². The van der Waals surface area contributed by atoms with Gasteiger partial charge in [0.15, 0.2) is 0 Å². The van der Waals surface area contributed by atoms with Crippen LogP contribution in [0.15, 0.2) is 48.7 Å². The number of amides is 3. The fourth-order valence-corrected chi connectivity index (χ4v) is 4.66. The Hall–Kier alpha value is -5.18. The first-order valence-electron chi connectivity index (χ1n) is 12.9. The van der Waals surface area contributed by atoms with Crippen molar-refractivity contribution in [1.82, 2.24) is 23.6 Å². The van der Waals surface area contributed by atoms with Crippen molar-refractivity contribution in [3.63, 3.8) is 0 Å². The highest BCUT2D eigenvalue weighted by molar-refractivity contribution is 6.99. The largest absolute Gasteiger partial charge is 0.468 e. The first-order chi connectivity index (χ1) is 21.4. The molecule has 1 aliphatic rings. The number of ether oxygens (including phenoxy) is 1. The van der Waals surface area contributed by atoms with Crippen LogP contribution in [0.3, 0.4) is 0 Å². The fourth-order valence-electron chi connectivity index (χ4n) is 4.14. The van der Waals surface area contributed by atoms with Crippen molar-refractivity contribution in [1.29, 1.82) is 0 Å². The first kappa shape index (κ1) is 31.3. The number of piperazine rings is 1. The molecular formula is C27H20F6N8O3S. The van der Waals surface area contributed by atoms with Gasteiger partial charge in [0.1, 0.15) is 6.61 Å². The smallest absolute Gasteiger partial charge is 0.416 e. The summed E-state index contributed by atoms with van der Waals surface area (Å²) in [6.07, 6.45) is -8.64. The minimum atomic E-state index is -5.04. The number of hydrogen-bond acceptors (Lipinski definition) is 9. The van der Waals surface area contributed by atoms with Crippen LogP contribution < -0.4 is 20.3 Å². The number of halogens is 6. The number of nitrogens with zero attached hydrogens (tertiary/aromatic N) is 6. The third-order valence-electron chi connectivity index (χ3n) is 6.34. The summed E-state index contributed by atoms with van der Waals surface area (Å²) in [6.45, 7) is 0.569. The van der Waals surface area contributed by atoms with Gasteiger partial charge in [-0.1, -0.05) is 18.2 Å². The molecular weight excluding hydrogens is 630 g/mol. The molecule has 2 N–H and O–H groups in total. The summed E-state index contributed by atoms with van der Waals surface area (Å²) in [5.74, 6) is 0.139. The quantitative estimate of drug-likeness (QED) is 0.263. The molecule has 1 fully saturated rings. The predicted molar refractivity (Wildman–Crippen MR) is 148 cm³/mol. The molecule has 0 radical (unpaired) electrons. The normalized spacial score (nSPS) is 13.6. The highest BCUT2D eigenvalue weighted by atomic mass is 32.1. The van der Waals surface area contributed by atoms with Crippen molar-refractivity contribution >= 4 is 41.1 Å². The lowest BCUT2D eigenvalue weighted by Crippen LogP contribution is -2.50. The Morgan fingerprint density at radius 2 is 1.67 bits per heavy atom. The number of alkyl halides is 6. The van der Waals surface area contributed by atoms with E-state index in [1.54, 1.807) is 29.2 Å². The van der Waals surface area contributed by atoms with Crippen molar-refractivity contribution in [2.75, 3.05) is 41.7 Å². The molecule has 4 aromatic rings. The molecule has 18 heteroatoms. The van der Waals surface area contributed by atoms with Crippen molar-refractivity contribution in [3.8, 4) is 5.88 Å². The van der Waals surface area contributed by atoms with Gasteiger partial charge >= 0.3 is 18.4 Å². The van der Waals surface area contributed by atoms with Crippen LogP contribution in [0.2, 0.25) is 0 Å². The van der Waals surface area contributed by atoms with Gasteiger partial charge < -0.3 is 19.9 Å². The van der Waals surface area contributed by atoms with Crippen LogP contribution in [0.25, 0.3) is 0 Å². The van der Waals surface area contributed by atoms with Gasteiger partial charge in [-0.3, -0.25) is 10.1 Å². The second kappa shape index (κ2) is 12.8. The molecule has 0 bridgehead atoms. The summed E-state index contributed by atoms with van der Waals surface area (Å²) in [5, 5.41) is 4.70. The van der Waals surface area contributed by atoms with Crippen LogP contribution in [-0.4, -0.2) is 61.7 Å². The van der Waals surface area contributed by atoms with Gasteiger partial charge in [-0.15, -0.1) is 4.37 Å². The van der Waals surface area contributed by atoms with Crippen molar-refractivity contribution in [2.45, 2.75) is 19.0 Å².